The van der Waals surface area contributed by atoms with Gasteiger partial charge in [-0.15, -0.1) is 0 Å². The van der Waals surface area contributed by atoms with Crippen molar-refractivity contribution in [1.82, 2.24) is 15.2 Å². The molecule has 2 aliphatic heterocycles. The summed E-state index contributed by atoms with van der Waals surface area (Å²) in [6.07, 6.45) is 2.46. The molecule has 0 unspecified atom stereocenters. The van der Waals surface area contributed by atoms with Crippen LogP contribution >= 0.6 is 11.8 Å². The number of nitrogens with zero attached hydrogens (tertiary/aromatic N) is 3. The number of esters is 1. The van der Waals surface area contributed by atoms with E-state index < -0.39 is 12.0 Å². The average Bonchev–Trinajstić information content (AvgIpc) is 3.41. The SMILES string of the molecule is COc1cccc([C@@H]2C(C(=O)OCc3ccccc3)=C(C)N=C3SC=C(CC(=O)NCCc4ccccn4)N32)c1OC. The summed E-state index contributed by atoms with van der Waals surface area (Å²) in [6.45, 7) is 2.37. The second-order valence-electron chi connectivity index (χ2n) is 9.64. The lowest BCUT2D eigenvalue weighted by molar-refractivity contribution is -0.141. The Bertz CT molecular complexity index is 1540. The number of pyridine rings is 1. The molecule has 2 aromatic carbocycles. The first-order valence-corrected chi connectivity index (χ1v) is 14.4. The molecule has 3 heterocycles. The van der Waals surface area contributed by atoms with E-state index in [1.54, 1.807) is 33.4 Å². The van der Waals surface area contributed by atoms with E-state index in [0.29, 0.717) is 52.2 Å². The number of amides is 1. The van der Waals surface area contributed by atoms with E-state index in [-0.39, 0.29) is 18.9 Å². The van der Waals surface area contributed by atoms with Crippen LogP contribution in [0.4, 0.5) is 0 Å². The summed E-state index contributed by atoms with van der Waals surface area (Å²) in [4.78, 5) is 37.8. The number of hydrogen-bond acceptors (Lipinski definition) is 9. The van der Waals surface area contributed by atoms with Gasteiger partial charge in [-0.3, -0.25) is 9.78 Å². The van der Waals surface area contributed by atoms with Crippen molar-refractivity contribution >= 4 is 28.8 Å². The van der Waals surface area contributed by atoms with E-state index in [1.165, 1.54) is 11.8 Å². The van der Waals surface area contributed by atoms with Crippen LogP contribution in [0.3, 0.4) is 0 Å². The van der Waals surface area contributed by atoms with E-state index in [2.05, 4.69) is 10.3 Å². The van der Waals surface area contributed by atoms with Crippen molar-refractivity contribution in [2.24, 2.45) is 4.99 Å². The van der Waals surface area contributed by atoms with Crippen LogP contribution in [0.15, 0.2) is 100 Å². The van der Waals surface area contributed by atoms with Crippen molar-refractivity contribution in [3.8, 4) is 11.5 Å². The number of aromatic nitrogens is 1. The van der Waals surface area contributed by atoms with Gasteiger partial charge in [0.1, 0.15) is 6.61 Å². The maximum absolute atomic E-state index is 13.8. The molecule has 9 nitrogen and oxygen atoms in total. The number of thioether (sulfide) groups is 1. The van der Waals surface area contributed by atoms with Crippen LogP contribution in [-0.4, -0.2) is 47.7 Å². The zero-order chi connectivity index (χ0) is 29.5. The summed E-state index contributed by atoms with van der Waals surface area (Å²) in [6, 6.07) is 20.1. The van der Waals surface area contributed by atoms with Crippen molar-refractivity contribution in [1.29, 1.82) is 0 Å². The maximum atomic E-state index is 13.8. The zero-order valence-corrected chi connectivity index (χ0v) is 24.5. The van der Waals surface area contributed by atoms with E-state index in [1.807, 2.05) is 71.0 Å². The van der Waals surface area contributed by atoms with E-state index in [0.717, 1.165) is 11.3 Å². The predicted molar refractivity (Wildman–Crippen MR) is 162 cm³/mol. The quantitative estimate of drug-likeness (QED) is 0.308. The Balaban J connectivity index is 1.43. The first-order valence-electron chi connectivity index (χ1n) is 13.5. The van der Waals surface area contributed by atoms with Crippen LogP contribution in [0.2, 0.25) is 0 Å². The number of nitrogens with one attached hydrogen (secondary N) is 1. The molecule has 0 saturated carbocycles. The molecule has 5 rings (SSSR count). The first-order chi connectivity index (χ1) is 20.5. The Kier molecular flexibility index (Phi) is 9.23. The Morgan fingerprint density at radius 3 is 2.55 bits per heavy atom. The third-order valence-corrected chi connectivity index (χ3v) is 7.82. The summed E-state index contributed by atoms with van der Waals surface area (Å²) in [5.74, 6) is 0.377. The topological polar surface area (TPSA) is 102 Å². The molecular formula is C32H32N4O5S. The molecule has 0 bridgehead atoms. The summed E-state index contributed by atoms with van der Waals surface area (Å²) in [7, 11) is 3.13. The summed E-state index contributed by atoms with van der Waals surface area (Å²) in [5.41, 5.74) is 4.09. The molecule has 0 aliphatic carbocycles. The maximum Gasteiger partial charge on any atom is 0.338 e. The number of hydrogen-bond donors (Lipinski definition) is 1. The van der Waals surface area contributed by atoms with Crippen molar-refractivity contribution in [3.63, 3.8) is 0 Å². The first kappa shape index (κ1) is 28.9. The third-order valence-electron chi connectivity index (χ3n) is 6.93. The highest BCUT2D eigenvalue weighted by atomic mass is 32.2. The number of para-hydroxylation sites is 1. The number of fused-ring (bicyclic) bond motifs is 1. The molecular weight excluding hydrogens is 552 g/mol. The van der Waals surface area contributed by atoms with Crippen molar-refractivity contribution in [2.75, 3.05) is 20.8 Å². The minimum absolute atomic E-state index is 0.0996. The van der Waals surface area contributed by atoms with Gasteiger partial charge in [0.15, 0.2) is 16.7 Å². The summed E-state index contributed by atoms with van der Waals surface area (Å²) in [5, 5.41) is 5.56. The number of methoxy groups -OCH3 is 2. The number of aliphatic imine (C=N–C) groups is 1. The van der Waals surface area contributed by atoms with Gasteiger partial charge in [0.2, 0.25) is 5.91 Å². The van der Waals surface area contributed by atoms with Gasteiger partial charge >= 0.3 is 5.97 Å². The molecule has 0 saturated heterocycles. The fourth-order valence-electron chi connectivity index (χ4n) is 4.96. The highest BCUT2D eigenvalue weighted by Gasteiger charge is 2.42. The predicted octanol–water partition coefficient (Wildman–Crippen LogP) is 5.17. The fraction of sp³-hybridized carbons (Fsp3) is 0.250. The largest absolute Gasteiger partial charge is 0.493 e. The van der Waals surface area contributed by atoms with Crippen LogP contribution in [0.5, 0.6) is 11.5 Å². The number of carbonyl (C=O) groups is 2. The van der Waals surface area contributed by atoms with Gasteiger partial charge in [0.05, 0.1) is 38.0 Å². The summed E-state index contributed by atoms with van der Waals surface area (Å²) < 4.78 is 17.2. The molecule has 42 heavy (non-hydrogen) atoms. The number of ether oxygens (including phenoxy) is 3. The molecule has 10 heteroatoms. The molecule has 2 aliphatic rings. The number of benzene rings is 2. The van der Waals surface area contributed by atoms with Crippen LogP contribution in [-0.2, 0) is 27.4 Å². The Morgan fingerprint density at radius 2 is 1.81 bits per heavy atom. The van der Waals surface area contributed by atoms with Gasteiger partial charge in [-0.2, -0.15) is 0 Å². The molecule has 1 atom stereocenters. The van der Waals surface area contributed by atoms with Crippen molar-refractivity contribution < 1.29 is 23.8 Å². The van der Waals surface area contributed by atoms with Gasteiger partial charge in [-0.1, -0.05) is 60.3 Å². The Labute approximate surface area is 249 Å². The highest BCUT2D eigenvalue weighted by Crippen LogP contribution is 2.48. The lowest BCUT2D eigenvalue weighted by Crippen LogP contribution is -2.38. The molecule has 1 amide bonds. The lowest BCUT2D eigenvalue weighted by Gasteiger charge is -2.37. The molecule has 216 valence electrons. The normalized spacial score (nSPS) is 15.9. The molecule has 3 aromatic rings. The van der Waals surface area contributed by atoms with E-state index in [4.69, 9.17) is 19.2 Å². The van der Waals surface area contributed by atoms with Crippen molar-refractivity contribution in [3.05, 3.63) is 112 Å². The van der Waals surface area contributed by atoms with Crippen LogP contribution in [0.1, 0.15) is 36.2 Å². The van der Waals surface area contributed by atoms with Crippen molar-refractivity contribution in [2.45, 2.75) is 32.4 Å². The average molecular weight is 585 g/mol. The van der Waals surface area contributed by atoms with E-state index in [9.17, 15) is 9.59 Å². The number of rotatable bonds is 11. The van der Waals surface area contributed by atoms with Gasteiger partial charge in [-0.25, -0.2) is 9.79 Å². The third kappa shape index (κ3) is 6.33. The van der Waals surface area contributed by atoms with E-state index >= 15 is 0 Å². The fourth-order valence-corrected chi connectivity index (χ4v) is 5.92. The smallest absolute Gasteiger partial charge is 0.338 e. The summed E-state index contributed by atoms with van der Waals surface area (Å²) >= 11 is 1.41. The molecule has 0 radical (unpaired) electrons. The van der Waals surface area contributed by atoms with Gasteiger partial charge in [0.25, 0.3) is 0 Å². The minimum atomic E-state index is -0.659. The van der Waals surface area contributed by atoms with Crippen LogP contribution in [0.25, 0.3) is 0 Å². The van der Waals surface area contributed by atoms with Crippen LogP contribution in [0, 0.1) is 0 Å². The zero-order valence-electron chi connectivity index (χ0n) is 23.7. The number of amidine groups is 1. The Morgan fingerprint density at radius 1 is 1.00 bits per heavy atom. The lowest BCUT2D eigenvalue weighted by atomic mass is 9.92. The highest BCUT2D eigenvalue weighted by molar-refractivity contribution is 8.16. The van der Waals surface area contributed by atoms with Gasteiger partial charge in [-0.05, 0) is 36.1 Å². The number of carbonyl (C=O) groups excluding carboxylic acids is 2. The van der Waals surface area contributed by atoms with Gasteiger partial charge < -0.3 is 24.4 Å². The molecule has 1 N–H and O–H groups in total. The van der Waals surface area contributed by atoms with Crippen LogP contribution < -0.4 is 14.8 Å². The molecule has 1 aromatic heterocycles. The Hall–Kier alpha value is -4.57. The molecule has 0 spiro atoms. The second-order valence-corrected chi connectivity index (χ2v) is 10.5. The number of allylic oxidation sites excluding steroid dienone is 1. The standard InChI is InChI=1S/C32H32N4O5S/c1-21-28(31(38)41-19-22-10-5-4-6-11-22)29(25-13-9-14-26(39-2)30(25)40-3)36-24(20-42-32(36)35-21)18-27(37)34-17-15-23-12-7-8-16-33-23/h4-14,16,20,29H,15,17-19H2,1-3H3,(H,34,37)/t29-/m1/s1. The van der Waals surface area contributed by atoms with Gasteiger partial charge in [0, 0.05) is 36.1 Å². The monoisotopic (exact) mass is 584 g/mol. The second kappa shape index (κ2) is 13.4. The molecule has 0 fully saturated rings. The minimum Gasteiger partial charge on any atom is -0.493 e.